The van der Waals surface area contributed by atoms with Gasteiger partial charge in [0, 0.05) is 10.4 Å². The van der Waals surface area contributed by atoms with Gasteiger partial charge in [0.2, 0.25) is 0 Å². The van der Waals surface area contributed by atoms with Crippen LogP contribution in [0.4, 0.5) is 0 Å². The lowest BCUT2D eigenvalue weighted by atomic mass is 10.2. The second-order valence-electron chi connectivity index (χ2n) is 5.52. The molecule has 0 spiro atoms. The predicted molar refractivity (Wildman–Crippen MR) is 93.9 cm³/mol. The Morgan fingerprint density at radius 3 is 2.44 bits per heavy atom. The molecule has 2 aromatic carbocycles. The minimum atomic E-state index is 0. The highest BCUT2D eigenvalue weighted by molar-refractivity contribution is 7.15. The van der Waals surface area contributed by atoms with Crippen molar-refractivity contribution in [3.05, 3.63) is 65.2 Å². The van der Waals surface area contributed by atoms with Gasteiger partial charge in [-0.15, -0.1) is 11.3 Å². The first-order chi connectivity index (χ1) is 11.7. The van der Waals surface area contributed by atoms with Gasteiger partial charge < -0.3 is 17.0 Å². The van der Waals surface area contributed by atoms with E-state index in [2.05, 4.69) is 39.5 Å². The van der Waals surface area contributed by atoms with Gasteiger partial charge in [0.05, 0.1) is 16.4 Å². The van der Waals surface area contributed by atoms with Crippen LogP contribution in [0.15, 0.2) is 54.6 Å². The maximum atomic E-state index is 4.63. The summed E-state index contributed by atoms with van der Waals surface area (Å²) < 4.78 is 0. The van der Waals surface area contributed by atoms with Gasteiger partial charge in [0.1, 0.15) is 5.01 Å². The third-order valence-electron chi connectivity index (χ3n) is 3.84. The molecule has 4 aromatic rings. The van der Waals surface area contributed by atoms with Gasteiger partial charge in [-0.05, 0) is 53.2 Å². The molecule has 0 saturated heterocycles. The van der Waals surface area contributed by atoms with Crippen molar-refractivity contribution in [2.24, 2.45) is 0 Å². The molecule has 2 aromatic heterocycles. The van der Waals surface area contributed by atoms with E-state index in [1.54, 1.807) is 16.1 Å². The second kappa shape index (κ2) is 7.25. The maximum absolute atomic E-state index is 4.63. The molecule has 0 unspecified atom stereocenters. The topological polar surface area (TPSA) is 58.3 Å². The molecule has 0 atom stereocenters. The van der Waals surface area contributed by atoms with E-state index >= 15 is 0 Å². The summed E-state index contributed by atoms with van der Waals surface area (Å²) in [6.45, 7) is 4.13. The largest absolute Gasteiger partial charge is 1.00 e. The van der Waals surface area contributed by atoms with Crippen LogP contribution < -0.4 is 21.8 Å². The number of tetrazole rings is 1. The summed E-state index contributed by atoms with van der Waals surface area (Å²) in [5.41, 5.74) is 4.07. The standard InChI is InChI=1S/C18H15N5S.BrH/c1-12-13(2)24-18(19-12)15-9-6-10-16(11-15)23-21-17(20-22-23)14-7-4-3-5-8-14;/h3-11H,1-2H3;1H. The molecular weight excluding hydrogens is 398 g/mol. The summed E-state index contributed by atoms with van der Waals surface area (Å²) in [5, 5.41) is 12.8. The van der Waals surface area contributed by atoms with Crippen molar-refractivity contribution in [2.45, 2.75) is 13.8 Å². The number of benzene rings is 2. The molecule has 1 N–H and O–H groups in total. The molecule has 0 bridgehead atoms. The minimum absolute atomic E-state index is 0. The van der Waals surface area contributed by atoms with Crippen molar-refractivity contribution in [1.29, 1.82) is 0 Å². The normalized spacial score (nSPS) is 10.5. The Kier molecular flexibility index (Phi) is 5.06. The zero-order valence-corrected chi connectivity index (χ0v) is 16.2. The molecule has 25 heavy (non-hydrogen) atoms. The van der Waals surface area contributed by atoms with Gasteiger partial charge >= 0.3 is 5.82 Å². The van der Waals surface area contributed by atoms with E-state index in [-0.39, 0.29) is 17.0 Å². The van der Waals surface area contributed by atoms with E-state index in [1.165, 1.54) is 4.88 Å². The molecule has 0 saturated carbocycles. The molecule has 0 aliphatic heterocycles. The van der Waals surface area contributed by atoms with Crippen molar-refractivity contribution in [2.75, 3.05) is 0 Å². The van der Waals surface area contributed by atoms with Crippen LogP contribution in [-0.4, -0.2) is 20.4 Å². The fourth-order valence-corrected chi connectivity index (χ4v) is 3.34. The van der Waals surface area contributed by atoms with Gasteiger partial charge in [-0.25, -0.2) is 4.98 Å². The predicted octanol–water partition coefficient (Wildman–Crippen LogP) is 0.493. The van der Waals surface area contributed by atoms with E-state index in [4.69, 9.17) is 0 Å². The molecule has 0 fully saturated rings. The fourth-order valence-electron chi connectivity index (χ4n) is 2.43. The number of hydrogen-bond donors (Lipinski definition) is 1. The maximum Gasteiger partial charge on any atom is 0.339 e. The number of nitrogens with one attached hydrogen (secondary N) is 1. The SMILES string of the molecule is Cc1nc(-c2cccc(-[n+]3nc(-c4ccccc4)n[nH]3)c2)sc1C.[Br-]. The van der Waals surface area contributed by atoms with Crippen molar-refractivity contribution in [3.63, 3.8) is 0 Å². The molecule has 0 aliphatic carbocycles. The first-order valence-electron chi connectivity index (χ1n) is 7.66. The third-order valence-corrected chi connectivity index (χ3v) is 4.97. The molecule has 2 heterocycles. The average Bonchev–Trinajstić information content (AvgIpc) is 3.24. The van der Waals surface area contributed by atoms with Crippen molar-refractivity contribution in [1.82, 2.24) is 20.4 Å². The van der Waals surface area contributed by atoms with Crippen LogP contribution in [0.1, 0.15) is 10.6 Å². The summed E-state index contributed by atoms with van der Waals surface area (Å²) in [5.74, 6) is 0.668. The van der Waals surface area contributed by atoms with Crippen molar-refractivity contribution < 1.29 is 21.8 Å². The highest BCUT2D eigenvalue weighted by atomic mass is 79.9. The van der Waals surface area contributed by atoms with Crippen LogP contribution in [0, 0.1) is 13.8 Å². The number of hydrogen-bond acceptors (Lipinski definition) is 4. The molecule has 5 nitrogen and oxygen atoms in total. The Morgan fingerprint density at radius 1 is 0.960 bits per heavy atom. The minimum Gasteiger partial charge on any atom is -1.00 e. The van der Waals surface area contributed by atoms with Crippen LogP contribution in [0.25, 0.3) is 27.6 Å². The monoisotopic (exact) mass is 413 g/mol. The van der Waals surface area contributed by atoms with Crippen LogP contribution in [0.5, 0.6) is 0 Å². The van der Waals surface area contributed by atoms with Crippen LogP contribution in [0.3, 0.4) is 0 Å². The molecule has 7 heteroatoms. The highest BCUT2D eigenvalue weighted by Gasteiger charge is 2.16. The van der Waals surface area contributed by atoms with Gasteiger partial charge in [0.15, 0.2) is 5.69 Å². The van der Waals surface area contributed by atoms with E-state index in [1.807, 2.05) is 49.4 Å². The fraction of sp³-hybridized carbons (Fsp3) is 0.111. The third kappa shape index (κ3) is 3.52. The molecule has 0 amide bonds. The summed E-state index contributed by atoms with van der Waals surface area (Å²) in [4.78, 5) is 7.56. The Balaban J connectivity index is 0.00000182. The number of aromatic nitrogens is 5. The molecule has 0 radical (unpaired) electrons. The molecule has 4 rings (SSSR count). The van der Waals surface area contributed by atoms with Crippen LogP contribution in [-0.2, 0) is 0 Å². The van der Waals surface area contributed by atoms with Gasteiger partial charge in [-0.2, -0.15) is 0 Å². The number of nitrogens with zero attached hydrogens (tertiary/aromatic N) is 4. The molecule has 126 valence electrons. The Hall–Kier alpha value is -2.38. The Morgan fingerprint density at radius 2 is 1.72 bits per heavy atom. The van der Waals surface area contributed by atoms with Gasteiger partial charge in [-0.3, -0.25) is 0 Å². The highest BCUT2D eigenvalue weighted by Crippen LogP contribution is 2.27. The summed E-state index contributed by atoms with van der Waals surface area (Å²) in [6, 6.07) is 18.1. The number of halogens is 1. The summed E-state index contributed by atoms with van der Waals surface area (Å²) >= 11 is 1.71. The van der Waals surface area contributed by atoms with E-state index in [0.29, 0.717) is 5.82 Å². The van der Waals surface area contributed by atoms with Crippen molar-refractivity contribution >= 4 is 11.3 Å². The zero-order chi connectivity index (χ0) is 16.5. The Labute approximate surface area is 160 Å². The lowest BCUT2D eigenvalue weighted by Crippen LogP contribution is -3.00. The lowest BCUT2D eigenvalue weighted by Gasteiger charge is -1.97. The average molecular weight is 414 g/mol. The lowest BCUT2D eigenvalue weighted by molar-refractivity contribution is -0.716. The van der Waals surface area contributed by atoms with E-state index < -0.39 is 0 Å². The van der Waals surface area contributed by atoms with Gasteiger partial charge in [0.25, 0.3) is 0 Å². The number of aryl methyl sites for hydroxylation is 2. The number of aromatic amines is 1. The number of H-pyrrole nitrogens is 1. The summed E-state index contributed by atoms with van der Waals surface area (Å²) in [6.07, 6.45) is 0. The smallest absolute Gasteiger partial charge is 0.339 e. The zero-order valence-electron chi connectivity index (χ0n) is 13.8. The molecular formula is C18H16BrN5S. The van der Waals surface area contributed by atoms with E-state index in [9.17, 15) is 0 Å². The summed E-state index contributed by atoms with van der Waals surface area (Å²) in [7, 11) is 0. The quantitative estimate of drug-likeness (QED) is 0.497. The van der Waals surface area contributed by atoms with Crippen molar-refractivity contribution in [3.8, 4) is 27.6 Å². The van der Waals surface area contributed by atoms with Crippen LogP contribution in [0.2, 0.25) is 0 Å². The van der Waals surface area contributed by atoms with E-state index in [0.717, 1.165) is 27.5 Å². The first-order valence-corrected chi connectivity index (χ1v) is 8.47. The first kappa shape index (κ1) is 17.4. The van der Waals surface area contributed by atoms with Crippen LogP contribution >= 0.6 is 11.3 Å². The molecule has 0 aliphatic rings. The Bertz CT molecular complexity index is 974. The number of rotatable bonds is 3. The second-order valence-corrected chi connectivity index (χ2v) is 6.73. The van der Waals surface area contributed by atoms with Gasteiger partial charge in [-0.1, -0.05) is 30.3 Å². The number of thiazole rings is 1.